The number of hydrogen-bond acceptors (Lipinski definition) is 8. The SMILES string of the molecule is O=[N+]([O-])c1ccccc1Oc1ccnc2c1ccc1c(Oc3ccccc3[N+](=O)[O-])ccnc12. The number of para-hydroxylation sites is 4. The van der Waals surface area contributed by atoms with Gasteiger partial charge in [0, 0.05) is 35.3 Å². The molecule has 0 atom stereocenters. The molecule has 0 spiro atoms. The Labute approximate surface area is 191 Å². The molecule has 2 aromatic heterocycles. The first kappa shape index (κ1) is 20.8. The average molecular weight is 454 g/mol. The highest BCUT2D eigenvalue weighted by molar-refractivity contribution is 6.06. The fraction of sp³-hybridized carbons (Fsp3) is 0. The summed E-state index contributed by atoms with van der Waals surface area (Å²) in [5.41, 5.74) is 0.654. The highest BCUT2D eigenvalue weighted by Gasteiger charge is 2.19. The Bertz CT molecular complexity index is 1470. The van der Waals surface area contributed by atoms with E-state index in [0.29, 0.717) is 33.3 Å². The van der Waals surface area contributed by atoms with Gasteiger partial charge in [0.1, 0.15) is 22.5 Å². The van der Waals surface area contributed by atoms with Crippen LogP contribution in [0.15, 0.2) is 85.2 Å². The molecule has 0 aliphatic carbocycles. The van der Waals surface area contributed by atoms with E-state index in [1.165, 1.54) is 36.7 Å². The lowest BCUT2D eigenvalue weighted by molar-refractivity contribution is -0.385. The third-order valence-electron chi connectivity index (χ3n) is 5.10. The smallest absolute Gasteiger partial charge is 0.311 e. The van der Waals surface area contributed by atoms with Gasteiger partial charge in [0.2, 0.25) is 11.5 Å². The lowest BCUT2D eigenvalue weighted by Gasteiger charge is -2.12. The van der Waals surface area contributed by atoms with Crippen LogP contribution in [-0.2, 0) is 0 Å². The van der Waals surface area contributed by atoms with Crippen LogP contribution in [0.4, 0.5) is 11.4 Å². The van der Waals surface area contributed by atoms with E-state index in [1.54, 1.807) is 48.5 Å². The minimum absolute atomic E-state index is 0.0986. The summed E-state index contributed by atoms with van der Waals surface area (Å²) in [5.74, 6) is 0.934. The Kier molecular flexibility index (Phi) is 5.15. The maximum Gasteiger partial charge on any atom is 0.311 e. The van der Waals surface area contributed by atoms with E-state index >= 15 is 0 Å². The fourth-order valence-electron chi connectivity index (χ4n) is 3.58. The van der Waals surface area contributed by atoms with Crippen LogP contribution < -0.4 is 9.47 Å². The van der Waals surface area contributed by atoms with Gasteiger partial charge in [-0.05, 0) is 36.4 Å². The molecule has 5 aromatic rings. The maximum atomic E-state index is 11.4. The predicted molar refractivity (Wildman–Crippen MR) is 123 cm³/mol. The molecule has 0 bridgehead atoms. The van der Waals surface area contributed by atoms with E-state index in [9.17, 15) is 20.2 Å². The molecule has 0 radical (unpaired) electrons. The minimum Gasteiger partial charge on any atom is -0.449 e. The summed E-state index contributed by atoms with van der Waals surface area (Å²) < 4.78 is 11.8. The molecule has 3 aromatic carbocycles. The Morgan fingerprint density at radius 1 is 0.559 bits per heavy atom. The molecule has 2 heterocycles. The molecule has 0 saturated carbocycles. The van der Waals surface area contributed by atoms with E-state index in [1.807, 2.05) is 0 Å². The van der Waals surface area contributed by atoms with Gasteiger partial charge in [-0.25, -0.2) is 0 Å². The summed E-state index contributed by atoms with van der Waals surface area (Å²) in [6.45, 7) is 0. The number of benzene rings is 3. The van der Waals surface area contributed by atoms with Gasteiger partial charge in [0.05, 0.1) is 9.85 Å². The summed E-state index contributed by atoms with van der Waals surface area (Å²) in [7, 11) is 0. The number of nitro groups is 2. The zero-order valence-corrected chi connectivity index (χ0v) is 17.3. The van der Waals surface area contributed by atoms with Crippen molar-refractivity contribution in [1.82, 2.24) is 9.97 Å². The van der Waals surface area contributed by atoms with Gasteiger partial charge in [-0.15, -0.1) is 0 Å². The second-order valence-electron chi connectivity index (χ2n) is 7.13. The van der Waals surface area contributed by atoms with Crippen molar-refractivity contribution >= 4 is 33.2 Å². The molecule has 10 nitrogen and oxygen atoms in total. The van der Waals surface area contributed by atoms with Gasteiger partial charge in [0.25, 0.3) is 0 Å². The molecule has 0 saturated heterocycles. The first-order valence-corrected chi connectivity index (χ1v) is 10.0. The second-order valence-corrected chi connectivity index (χ2v) is 7.13. The second kappa shape index (κ2) is 8.43. The number of nitro benzene ring substituents is 2. The predicted octanol–water partition coefficient (Wildman–Crippen LogP) is 6.18. The normalized spacial score (nSPS) is 10.8. The van der Waals surface area contributed by atoms with Crippen LogP contribution in [0.3, 0.4) is 0 Å². The third kappa shape index (κ3) is 3.69. The largest absolute Gasteiger partial charge is 0.449 e. The number of rotatable bonds is 6. The molecule has 166 valence electrons. The molecule has 34 heavy (non-hydrogen) atoms. The number of pyridine rings is 2. The van der Waals surface area contributed by atoms with E-state index in [2.05, 4.69) is 9.97 Å². The molecule has 0 unspecified atom stereocenters. The summed E-state index contributed by atoms with van der Waals surface area (Å²) in [5, 5.41) is 23.9. The van der Waals surface area contributed by atoms with Crippen molar-refractivity contribution in [1.29, 1.82) is 0 Å². The first-order valence-electron chi connectivity index (χ1n) is 10.0. The van der Waals surface area contributed by atoms with Crippen LogP contribution in [0, 0.1) is 20.2 Å². The molecule has 0 aliphatic rings. The zero-order valence-electron chi connectivity index (χ0n) is 17.3. The molecule has 5 rings (SSSR count). The lowest BCUT2D eigenvalue weighted by Crippen LogP contribution is -1.96. The summed E-state index contributed by atoms with van der Waals surface area (Å²) >= 11 is 0. The third-order valence-corrected chi connectivity index (χ3v) is 5.10. The summed E-state index contributed by atoms with van der Waals surface area (Å²) in [6.07, 6.45) is 3.03. The molecular formula is C24H14N4O6. The van der Waals surface area contributed by atoms with Crippen LogP contribution in [0.1, 0.15) is 0 Å². The molecule has 0 amide bonds. The summed E-state index contributed by atoms with van der Waals surface area (Å²) in [4.78, 5) is 30.5. The van der Waals surface area contributed by atoms with E-state index < -0.39 is 9.85 Å². The molecule has 0 fully saturated rings. The van der Waals surface area contributed by atoms with Gasteiger partial charge in [-0.1, -0.05) is 24.3 Å². The highest BCUT2D eigenvalue weighted by Crippen LogP contribution is 2.39. The monoisotopic (exact) mass is 454 g/mol. The van der Waals surface area contributed by atoms with Crippen molar-refractivity contribution in [3.63, 3.8) is 0 Å². The maximum absolute atomic E-state index is 11.4. The molecular weight excluding hydrogens is 440 g/mol. The van der Waals surface area contributed by atoms with Crippen molar-refractivity contribution < 1.29 is 19.3 Å². The highest BCUT2D eigenvalue weighted by atomic mass is 16.6. The Hall–Kier alpha value is -5.12. The number of fused-ring (bicyclic) bond motifs is 3. The van der Waals surface area contributed by atoms with Crippen LogP contribution in [0.5, 0.6) is 23.0 Å². The van der Waals surface area contributed by atoms with Crippen LogP contribution in [0.2, 0.25) is 0 Å². The van der Waals surface area contributed by atoms with E-state index in [-0.39, 0.29) is 22.9 Å². The topological polar surface area (TPSA) is 131 Å². The Morgan fingerprint density at radius 2 is 0.971 bits per heavy atom. The number of ether oxygens (including phenoxy) is 2. The van der Waals surface area contributed by atoms with Gasteiger partial charge in [-0.2, -0.15) is 0 Å². The standard InChI is InChI=1S/C24H14N4O6/c29-27(30)17-5-1-3-7-21(17)33-19-11-13-25-23-15(19)9-10-16-20(12-14-26-24(16)23)34-22-8-4-2-6-18(22)28(31)32/h1-14H. The van der Waals surface area contributed by atoms with E-state index in [4.69, 9.17) is 9.47 Å². The van der Waals surface area contributed by atoms with Crippen LogP contribution in [-0.4, -0.2) is 19.8 Å². The van der Waals surface area contributed by atoms with Crippen molar-refractivity contribution in [2.24, 2.45) is 0 Å². The molecule has 0 aliphatic heterocycles. The number of hydrogen-bond donors (Lipinski definition) is 0. The van der Waals surface area contributed by atoms with Gasteiger partial charge < -0.3 is 9.47 Å². The summed E-state index contributed by atoms with van der Waals surface area (Å²) in [6, 6.07) is 18.9. The zero-order chi connectivity index (χ0) is 23.7. The molecule has 0 N–H and O–H groups in total. The van der Waals surface area contributed by atoms with Gasteiger partial charge in [-0.3, -0.25) is 30.2 Å². The first-order chi connectivity index (χ1) is 16.5. The number of aromatic nitrogens is 2. The van der Waals surface area contributed by atoms with Crippen LogP contribution in [0.25, 0.3) is 21.8 Å². The average Bonchev–Trinajstić information content (AvgIpc) is 2.84. The van der Waals surface area contributed by atoms with Crippen molar-refractivity contribution in [2.45, 2.75) is 0 Å². The van der Waals surface area contributed by atoms with Crippen molar-refractivity contribution in [3.8, 4) is 23.0 Å². The quantitative estimate of drug-likeness (QED) is 0.169. The van der Waals surface area contributed by atoms with Crippen molar-refractivity contribution in [3.05, 3.63) is 105 Å². The van der Waals surface area contributed by atoms with Crippen LogP contribution >= 0.6 is 0 Å². The van der Waals surface area contributed by atoms with Gasteiger partial charge >= 0.3 is 11.4 Å². The molecule has 10 heteroatoms. The Balaban J connectivity index is 1.61. The Morgan fingerprint density at radius 3 is 1.38 bits per heavy atom. The van der Waals surface area contributed by atoms with Gasteiger partial charge in [0.15, 0.2) is 0 Å². The van der Waals surface area contributed by atoms with Crippen molar-refractivity contribution in [2.75, 3.05) is 0 Å². The lowest BCUT2D eigenvalue weighted by atomic mass is 10.1. The minimum atomic E-state index is -0.512. The van der Waals surface area contributed by atoms with E-state index in [0.717, 1.165) is 0 Å². The number of nitrogens with zero attached hydrogens (tertiary/aromatic N) is 4. The fourth-order valence-corrected chi connectivity index (χ4v) is 3.58.